The summed E-state index contributed by atoms with van der Waals surface area (Å²) >= 11 is 0. The first-order valence-corrected chi connectivity index (χ1v) is 7.12. The van der Waals surface area contributed by atoms with Crippen LogP contribution in [0.4, 0.5) is 0 Å². The molecule has 7 nitrogen and oxygen atoms in total. The van der Waals surface area contributed by atoms with E-state index in [1.165, 1.54) is 0 Å². The Kier molecular flexibility index (Phi) is 4.62. The molecule has 0 spiro atoms. The van der Waals surface area contributed by atoms with E-state index in [1.807, 2.05) is 14.0 Å². The quantitative estimate of drug-likeness (QED) is 0.796. The van der Waals surface area contributed by atoms with E-state index >= 15 is 0 Å². The molecule has 21 heavy (non-hydrogen) atoms. The zero-order chi connectivity index (χ0) is 15.6. The van der Waals surface area contributed by atoms with E-state index in [0.717, 1.165) is 12.2 Å². The van der Waals surface area contributed by atoms with Gasteiger partial charge in [-0.2, -0.15) is 5.10 Å². The Bertz CT molecular complexity index is 539. The first-order chi connectivity index (χ1) is 9.92. The lowest BCUT2D eigenvalue weighted by Gasteiger charge is -2.23. The SMILES string of the molecule is CNC(=O)[C@@H]1CN(C)CCN(C(=O)c2cn(C)nc2C)C1. The number of carbonyl (C=O) groups excluding carboxylic acids is 2. The highest BCUT2D eigenvalue weighted by molar-refractivity contribution is 5.95. The molecular weight excluding hydrogens is 270 g/mol. The minimum absolute atomic E-state index is 0.0236. The van der Waals surface area contributed by atoms with Crippen LogP contribution in [0.5, 0.6) is 0 Å². The molecule has 2 amide bonds. The molecule has 1 aliphatic rings. The van der Waals surface area contributed by atoms with Crippen LogP contribution in [0.1, 0.15) is 16.1 Å². The number of aryl methyl sites for hydroxylation is 2. The molecule has 0 aliphatic carbocycles. The second-order valence-electron chi connectivity index (χ2n) is 5.63. The highest BCUT2D eigenvalue weighted by Gasteiger charge is 2.29. The molecule has 0 aromatic carbocycles. The van der Waals surface area contributed by atoms with Crippen LogP contribution in [0.3, 0.4) is 0 Å². The molecule has 2 rings (SSSR count). The average Bonchev–Trinajstić information content (AvgIpc) is 2.66. The van der Waals surface area contributed by atoms with Gasteiger partial charge in [0.05, 0.1) is 17.2 Å². The maximum atomic E-state index is 12.7. The second kappa shape index (κ2) is 6.26. The molecule has 0 saturated carbocycles. The predicted molar refractivity (Wildman–Crippen MR) is 78.9 cm³/mol. The van der Waals surface area contributed by atoms with Gasteiger partial charge in [0.25, 0.3) is 5.91 Å². The number of nitrogens with zero attached hydrogens (tertiary/aromatic N) is 4. The van der Waals surface area contributed by atoms with E-state index in [4.69, 9.17) is 0 Å². The predicted octanol–water partition coefficient (Wildman–Crippen LogP) is -0.522. The summed E-state index contributed by atoms with van der Waals surface area (Å²) in [6.07, 6.45) is 1.74. The van der Waals surface area contributed by atoms with Crippen molar-refractivity contribution in [2.24, 2.45) is 13.0 Å². The molecule has 1 N–H and O–H groups in total. The van der Waals surface area contributed by atoms with Crippen LogP contribution in [0, 0.1) is 12.8 Å². The van der Waals surface area contributed by atoms with Crippen molar-refractivity contribution in [1.82, 2.24) is 24.9 Å². The maximum Gasteiger partial charge on any atom is 0.257 e. The molecule has 116 valence electrons. The van der Waals surface area contributed by atoms with Crippen molar-refractivity contribution < 1.29 is 9.59 Å². The molecule has 0 bridgehead atoms. The van der Waals surface area contributed by atoms with Crippen molar-refractivity contribution >= 4 is 11.8 Å². The van der Waals surface area contributed by atoms with E-state index < -0.39 is 0 Å². The van der Waals surface area contributed by atoms with Gasteiger partial charge in [0.1, 0.15) is 0 Å². The standard InChI is InChI=1S/C14H23N5O2/c1-10-12(9-18(4)16-10)14(21)19-6-5-17(3)7-11(8-19)13(20)15-2/h9,11H,5-8H2,1-4H3,(H,15,20)/t11-/m1/s1. The van der Waals surface area contributed by atoms with Gasteiger partial charge in [-0.1, -0.05) is 0 Å². The monoisotopic (exact) mass is 293 g/mol. The lowest BCUT2D eigenvalue weighted by Crippen LogP contribution is -2.41. The molecule has 2 heterocycles. The molecule has 0 radical (unpaired) electrons. The molecule has 0 unspecified atom stereocenters. The molecular formula is C14H23N5O2. The summed E-state index contributed by atoms with van der Waals surface area (Å²) < 4.78 is 1.64. The number of rotatable bonds is 2. The van der Waals surface area contributed by atoms with E-state index in [0.29, 0.717) is 25.2 Å². The van der Waals surface area contributed by atoms with E-state index in [-0.39, 0.29) is 17.7 Å². The van der Waals surface area contributed by atoms with Gasteiger partial charge in [0.2, 0.25) is 5.91 Å². The summed E-state index contributed by atoms with van der Waals surface area (Å²) in [5.41, 5.74) is 1.33. The Morgan fingerprint density at radius 2 is 2.00 bits per heavy atom. The topological polar surface area (TPSA) is 70.5 Å². The zero-order valence-corrected chi connectivity index (χ0v) is 13.1. The Balaban J connectivity index is 2.19. The van der Waals surface area contributed by atoms with Gasteiger partial charge in [0.15, 0.2) is 0 Å². The van der Waals surface area contributed by atoms with Crippen LogP contribution in [-0.2, 0) is 11.8 Å². The smallest absolute Gasteiger partial charge is 0.257 e. The largest absolute Gasteiger partial charge is 0.359 e. The Hall–Kier alpha value is -1.89. The Morgan fingerprint density at radius 3 is 2.57 bits per heavy atom. The van der Waals surface area contributed by atoms with Crippen molar-refractivity contribution in [3.05, 3.63) is 17.5 Å². The second-order valence-corrected chi connectivity index (χ2v) is 5.63. The number of hydrogen-bond donors (Lipinski definition) is 1. The minimum Gasteiger partial charge on any atom is -0.359 e. The van der Waals surface area contributed by atoms with Crippen LogP contribution >= 0.6 is 0 Å². The summed E-state index contributed by atoms with van der Waals surface area (Å²) in [6.45, 7) is 4.32. The van der Waals surface area contributed by atoms with E-state index in [9.17, 15) is 9.59 Å². The minimum atomic E-state index is -0.205. The van der Waals surface area contributed by atoms with Gasteiger partial charge >= 0.3 is 0 Å². The van der Waals surface area contributed by atoms with Crippen molar-refractivity contribution in [3.8, 4) is 0 Å². The third-order valence-electron chi connectivity index (χ3n) is 3.87. The highest BCUT2D eigenvalue weighted by atomic mass is 16.2. The summed E-state index contributed by atoms with van der Waals surface area (Å²) in [5.74, 6) is -0.280. The zero-order valence-electron chi connectivity index (χ0n) is 13.1. The lowest BCUT2D eigenvalue weighted by molar-refractivity contribution is -0.125. The maximum absolute atomic E-state index is 12.7. The summed E-state index contributed by atoms with van der Waals surface area (Å²) in [4.78, 5) is 28.5. The molecule has 1 aromatic heterocycles. The van der Waals surface area contributed by atoms with Crippen LogP contribution < -0.4 is 5.32 Å². The molecule has 1 fully saturated rings. The van der Waals surface area contributed by atoms with Crippen LogP contribution in [-0.4, -0.2) is 71.7 Å². The van der Waals surface area contributed by atoms with Gasteiger partial charge in [-0.3, -0.25) is 14.3 Å². The van der Waals surface area contributed by atoms with Crippen LogP contribution in [0.25, 0.3) is 0 Å². The van der Waals surface area contributed by atoms with Crippen molar-refractivity contribution in [1.29, 1.82) is 0 Å². The van der Waals surface area contributed by atoms with Crippen molar-refractivity contribution in [2.75, 3.05) is 40.3 Å². The van der Waals surface area contributed by atoms with E-state index in [1.54, 1.807) is 29.9 Å². The van der Waals surface area contributed by atoms with Gasteiger partial charge in [-0.05, 0) is 14.0 Å². The number of nitrogens with one attached hydrogen (secondary N) is 1. The molecule has 1 aromatic rings. The average molecular weight is 293 g/mol. The normalized spacial score (nSPS) is 20.2. The number of amides is 2. The summed E-state index contributed by atoms with van der Waals surface area (Å²) in [5, 5.41) is 6.89. The Labute approximate surface area is 124 Å². The molecule has 1 atom stereocenters. The lowest BCUT2D eigenvalue weighted by atomic mass is 10.1. The third kappa shape index (κ3) is 3.41. The molecule has 1 aliphatic heterocycles. The van der Waals surface area contributed by atoms with Gasteiger partial charge < -0.3 is 15.1 Å². The van der Waals surface area contributed by atoms with E-state index in [2.05, 4.69) is 15.3 Å². The summed E-state index contributed by atoms with van der Waals surface area (Å²) in [6, 6.07) is 0. The first-order valence-electron chi connectivity index (χ1n) is 7.12. The number of aromatic nitrogens is 2. The fourth-order valence-corrected chi connectivity index (χ4v) is 2.71. The number of hydrogen-bond acceptors (Lipinski definition) is 4. The Morgan fingerprint density at radius 1 is 1.29 bits per heavy atom. The number of likely N-dealkylation sites (N-methyl/N-ethyl adjacent to an activating group) is 1. The molecule has 1 saturated heterocycles. The fourth-order valence-electron chi connectivity index (χ4n) is 2.71. The van der Waals surface area contributed by atoms with Crippen molar-refractivity contribution in [2.45, 2.75) is 6.92 Å². The fraction of sp³-hybridized carbons (Fsp3) is 0.643. The van der Waals surface area contributed by atoms with Crippen LogP contribution in [0.15, 0.2) is 6.20 Å². The van der Waals surface area contributed by atoms with Gasteiger partial charge in [-0.25, -0.2) is 0 Å². The third-order valence-corrected chi connectivity index (χ3v) is 3.87. The van der Waals surface area contributed by atoms with Crippen LogP contribution in [0.2, 0.25) is 0 Å². The summed E-state index contributed by atoms with van der Waals surface area (Å²) in [7, 11) is 5.40. The first kappa shape index (κ1) is 15.5. The van der Waals surface area contributed by atoms with Crippen molar-refractivity contribution in [3.63, 3.8) is 0 Å². The van der Waals surface area contributed by atoms with Gasteiger partial charge in [0, 0.05) is 46.5 Å². The number of carbonyl (C=O) groups is 2. The molecule has 7 heteroatoms. The van der Waals surface area contributed by atoms with Gasteiger partial charge in [-0.15, -0.1) is 0 Å². The highest BCUT2D eigenvalue weighted by Crippen LogP contribution is 2.14.